The van der Waals surface area contributed by atoms with Gasteiger partial charge in [0.2, 0.25) is 0 Å². The number of rotatable bonds is 7. The van der Waals surface area contributed by atoms with E-state index < -0.39 is 0 Å². The lowest BCUT2D eigenvalue weighted by Gasteiger charge is -2.22. The first-order valence-electron chi connectivity index (χ1n) is 7.75. The van der Waals surface area contributed by atoms with E-state index in [9.17, 15) is 0 Å². The Morgan fingerprint density at radius 1 is 1.20 bits per heavy atom. The van der Waals surface area contributed by atoms with E-state index in [4.69, 9.17) is 0 Å². The van der Waals surface area contributed by atoms with Crippen LogP contribution in [0.1, 0.15) is 58.2 Å². The molecule has 0 aliphatic heterocycles. The number of aromatic nitrogens is 1. The van der Waals surface area contributed by atoms with Crippen molar-refractivity contribution in [1.29, 1.82) is 0 Å². The molecule has 0 saturated heterocycles. The van der Waals surface area contributed by atoms with Crippen molar-refractivity contribution >= 4 is 5.82 Å². The van der Waals surface area contributed by atoms with Gasteiger partial charge in [-0.15, -0.1) is 0 Å². The summed E-state index contributed by atoms with van der Waals surface area (Å²) in [6, 6.07) is 4.37. The Bertz CT molecular complexity index is 407. The van der Waals surface area contributed by atoms with Crippen molar-refractivity contribution in [3.05, 3.63) is 23.4 Å². The highest BCUT2D eigenvalue weighted by molar-refractivity contribution is 5.41. The highest BCUT2D eigenvalue weighted by Gasteiger charge is 2.10. The molecule has 0 atom stereocenters. The van der Waals surface area contributed by atoms with Crippen LogP contribution in [-0.4, -0.2) is 24.1 Å². The van der Waals surface area contributed by atoms with Gasteiger partial charge in [0.25, 0.3) is 0 Å². The summed E-state index contributed by atoms with van der Waals surface area (Å²) in [6.07, 6.45) is 3.78. The normalized spacial score (nSPS) is 11.7. The lowest BCUT2D eigenvalue weighted by molar-refractivity contribution is 0.424. The Kier molecular flexibility index (Phi) is 6.47. The second kappa shape index (κ2) is 7.63. The zero-order valence-corrected chi connectivity index (χ0v) is 14.1. The molecule has 1 aromatic rings. The third-order valence-electron chi connectivity index (χ3n) is 3.31. The number of aryl methyl sites for hydroxylation is 1. The van der Waals surface area contributed by atoms with E-state index in [1.807, 2.05) is 0 Å². The van der Waals surface area contributed by atoms with Crippen LogP contribution in [0.5, 0.6) is 0 Å². The summed E-state index contributed by atoms with van der Waals surface area (Å²) in [5, 5.41) is 3.54. The first kappa shape index (κ1) is 17.0. The second-order valence-electron chi connectivity index (χ2n) is 6.71. The highest BCUT2D eigenvalue weighted by Crippen LogP contribution is 2.15. The van der Waals surface area contributed by atoms with Gasteiger partial charge in [-0.05, 0) is 51.8 Å². The maximum Gasteiger partial charge on any atom is 0.128 e. The Hall–Kier alpha value is -1.09. The second-order valence-corrected chi connectivity index (χ2v) is 6.71. The maximum absolute atomic E-state index is 4.66. The summed E-state index contributed by atoms with van der Waals surface area (Å²) < 4.78 is 0. The van der Waals surface area contributed by atoms with Gasteiger partial charge in [0.05, 0.1) is 0 Å². The van der Waals surface area contributed by atoms with E-state index in [1.165, 1.54) is 24.8 Å². The van der Waals surface area contributed by atoms with Gasteiger partial charge in [0.15, 0.2) is 0 Å². The van der Waals surface area contributed by atoms with Gasteiger partial charge in [-0.1, -0.05) is 19.8 Å². The molecule has 0 amide bonds. The van der Waals surface area contributed by atoms with Crippen molar-refractivity contribution in [2.24, 2.45) is 0 Å². The van der Waals surface area contributed by atoms with Crippen molar-refractivity contribution in [3.63, 3.8) is 0 Å². The fourth-order valence-electron chi connectivity index (χ4n) is 2.10. The average Bonchev–Trinajstić information content (AvgIpc) is 2.35. The highest BCUT2D eigenvalue weighted by atomic mass is 15.2. The van der Waals surface area contributed by atoms with Crippen LogP contribution < -0.4 is 10.2 Å². The molecule has 114 valence electrons. The van der Waals surface area contributed by atoms with Crippen molar-refractivity contribution in [2.75, 3.05) is 18.5 Å². The summed E-state index contributed by atoms with van der Waals surface area (Å²) in [5.41, 5.74) is 2.55. The van der Waals surface area contributed by atoms with Crippen molar-refractivity contribution in [3.8, 4) is 0 Å². The zero-order valence-electron chi connectivity index (χ0n) is 14.1. The van der Waals surface area contributed by atoms with Crippen LogP contribution in [0.25, 0.3) is 0 Å². The van der Waals surface area contributed by atoms with E-state index in [1.54, 1.807) is 0 Å². The molecule has 0 unspecified atom stereocenters. The number of anilines is 1. The molecule has 20 heavy (non-hydrogen) atoms. The SMILES string of the molecule is CCCCCN(C)c1cc(CNC(C)(C)C)cc(C)n1. The van der Waals surface area contributed by atoms with Crippen molar-refractivity contribution in [2.45, 2.75) is 66.0 Å². The predicted molar refractivity (Wildman–Crippen MR) is 88.4 cm³/mol. The molecular formula is C17H31N3. The Morgan fingerprint density at radius 3 is 2.50 bits per heavy atom. The van der Waals surface area contributed by atoms with E-state index in [0.29, 0.717) is 0 Å². The van der Waals surface area contributed by atoms with Crippen LogP contribution in [0.15, 0.2) is 12.1 Å². The Morgan fingerprint density at radius 2 is 1.90 bits per heavy atom. The van der Waals surface area contributed by atoms with Gasteiger partial charge < -0.3 is 10.2 Å². The zero-order chi connectivity index (χ0) is 15.2. The third kappa shape index (κ3) is 6.38. The molecule has 1 rings (SSSR count). The number of nitrogens with one attached hydrogen (secondary N) is 1. The van der Waals surface area contributed by atoms with Crippen molar-refractivity contribution in [1.82, 2.24) is 10.3 Å². The van der Waals surface area contributed by atoms with E-state index >= 15 is 0 Å². The van der Waals surface area contributed by atoms with Gasteiger partial charge in [0, 0.05) is 31.4 Å². The molecule has 0 aliphatic carbocycles. The van der Waals surface area contributed by atoms with E-state index in [2.05, 4.69) is 69.0 Å². The summed E-state index contributed by atoms with van der Waals surface area (Å²) in [6.45, 7) is 12.9. The third-order valence-corrected chi connectivity index (χ3v) is 3.31. The molecule has 0 radical (unpaired) electrons. The lowest BCUT2D eigenvalue weighted by Crippen LogP contribution is -2.35. The maximum atomic E-state index is 4.66. The molecule has 0 spiro atoms. The quantitative estimate of drug-likeness (QED) is 0.766. The Labute approximate surface area is 124 Å². The first-order valence-corrected chi connectivity index (χ1v) is 7.75. The number of pyridine rings is 1. The van der Waals surface area contributed by atoms with Crippen LogP contribution in [0.3, 0.4) is 0 Å². The number of nitrogens with zero attached hydrogens (tertiary/aromatic N) is 2. The van der Waals surface area contributed by atoms with Gasteiger partial charge >= 0.3 is 0 Å². The predicted octanol–water partition coefficient (Wildman–Crippen LogP) is 3.90. The summed E-state index contributed by atoms with van der Waals surface area (Å²) in [5.74, 6) is 1.09. The minimum absolute atomic E-state index is 0.143. The number of hydrogen-bond donors (Lipinski definition) is 1. The molecule has 3 nitrogen and oxygen atoms in total. The summed E-state index contributed by atoms with van der Waals surface area (Å²) in [7, 11) is 2.14. The fourth-order valence-corrected chi connectivity index (χ4v) is 2.10. The van der Waals surface area contributed by atoms with Crippen LogP contribution in [0, 0.1) is 6.92 Å². The minimum Gasteiger partial charge on any atom is -0.360 e. The van der Waals surface area contributed by atoms with E-state index in [0.717, 1.165) is 24.6 Å². The Balaban J connectivity index is 2.70. The molecule has 0 saturated carbocycles. The molecule has 0 bridgehead atoms. The topological polar surface area (TPSA) is 28.2 Å². The van der Waals surface area contributed by atoms with Gasteiger partial charge in [0.1, 0.15) is 5.82 Å². The average molecular weight is 277 g/mol. The van der Waals surface area contributed by atoms with Gasteiger partial charge in [-0.3, -0.25) is 0 Å². The number of hydrogen-bond acceptors (Lipinski definition) is 3. The van der Waals surface area contributed by atoms with Crippen molar-refractivity contribution < 1.29 is 0 Å². The molecule has 1 heterocycles. The monoisotopic (exact) mass is 277 g/mol. The van der Waals surface area contributed by atoms with Crippen LogP contribution in [-0.2, 0) is 6.54 Å². The first-order chi connectivity index (χ1) is 9.31. The largest absolute Gasteiger partial charge is 0.360 e. The summed E-state index contributed by atoms with van der Waals surface area (Å²) in [4.78, 5) is 6.92. The van der Waals surface area contributed by atoms with E-state index in [-0.39, 0.29) is 5.54 Å². The summed E-state index contributed by atoms with van der Waals surface area (Å²) >= 11 is 0. The molecular weight excluding hydrogens is 246 g/mol. The van der Waals surface area contributed by atoms with Crippen LogP contribution >= 0.6 is 0 Å². The molecule has 0 fully saturated rings. The lowest BCUT2D eigenvalue weighted by atomic mass is 10.1. The molecule has 3 heteroatoms. The fraction of sp³-hybridized carbons (Fsp3) is 0.706. The number of unbranched alkanes of at least 4 members (excludes halogenated alkanes) is 2. The van der Waals surface area contributed by atoms with Gasteiger partial charge in [-0.25, -0.2) is 4.98 Å². The minimum atomic E-state index is 0.143. The van der Waals surface area contributed by atoms with Gasteiger partial charge in [-0.2, -0.15) is 0 Å². The molecule has 0 aliphatic rings. The smallest absolute Gasteiger partial charge is 0.128 e. The van der Waals surface area contributed by atoms with Crippen LogP contribution in [0.4, 0.5) is 5.82 Å². The molecule has 1 aromatic heterocycles. The molecule has 1 N–H and O–H groups in total. The standard InChI is InChI=1S/C17H31N3/c1-7-8-9-10-20(6)16-12-15(11-14(2)19-16)13-18-17(3,4)5/h11-12,18H,7-10,13H2,1-6H3. The van der Waals surface area contributed by atoms with Crippen LogP contribution in [0.2, 0.25) is 0 Å². The molecule has 0 aromatic carbocycles.